The molecular weight excluding hydrogens is 300 g/mol. The number of piperidine rings is 1. The Kier molecular flexibility index (Phi) is 3.99. The van der Waals surface area contributed by atoms with Crippen molar-refractivity contribution < 1.29 is 13.2 Å². The number of carbonyl (C=O) groups excluding carboxylic acids is 1. The molecule has 0 spiro atoms. The predicted molar refractivity (Wildman–Crippen MR) is 85.3 cm³/mol. The Morgan fingerprint density at radius 1 is 1.18 bits per heavy atom. The van der Waals surface area contributed by atoms with Crippen LogP contribution in [-0.2, 0) is 21.2 Å². The molecule has 0 N–H and O–H groups in total. The molecule has 1 aromatic rings. The van der Waals surface area contributed by atoms with E-state index in [1.807, 2.05) is 0 Å². The largest absolute Gasteiger partial charge is 0.314 e. The highest BCUT2D eigenvalue weighted by Crippen LogP contribution is 2.32. The van der Waals surface area contributed by atoms with Crippen LogP contribution >= 0.6 is 0 Å². The third-order valence-corrected chi connectivity index (χ3v) is 6.41. The molecule has 120 valence electrons. The van der Waals surface area contributed by atoms with Gasteiger partial charge in [0, 0.05) is 25.3 Å². The summed E-state index contributed by atoms with van der Waals surface area (Å²) in [5, 5.41) is 0. The van der Waals surface area contributed by atoms with Crippen molar-refractivity contribution >= 4 is 22.1 Å². The lowest BCUT2D eigenvalue weighted by Gasteiger charge is -2.34. The first-order valence-electron chi connectivity index (χ1n) is 7.77. The van der Waals surface area contributed by atoms with E-state index in [9.17, 15) is 13.2 Å². The molecule has 2 heterocycles. The molecule has 22 heavy (non-hydrogen) atoms. The van der Waals surface area contributed by atoms with Crippen molar-refractivity contribution in [1.29, 1.82) is 0 Å². The summed E-state index contributed by atoms with van der Waals surface area (Å²) >= 11 is 0. The zero-order chi connectivity index (χ0) is 15.9. The fourth-order valence-corrected chi connectivity index (χ4v) is 5.36. The van der Waals surface area contributed by atoms with Gasteiger partial charge >= 0.3 is 0 Å². The summed E-state index contributed by atoms with van der Waals surface area (Å²) in [5.41, 5.74) is 1.76. The van der Waals surface area contributed by atoms with Gasteiger partial charge in [0.25, 0.3) is 0 Å². The lowest BCUT2D eigenvalue weighted by molar-refractivity contribution is -0.107. The van der Waals surface area contributed by atoms with Gasteiger partial charge in [-0.1, -0.05) is 13.8 Å². The number of sulfonamides is 1. The number of hydrogen-bond acceptors (Lipinski definition) is 3. The molecule has 1 amide bonds. The van der Waals surface area contributed by atoms with Crippen LogP contribution in [0.15, 0.2) is 23.1 Å². The first-order chi connectivity index (χ1) is 10.4. The van der Waals surface area contributed by atoms with Crippen molar-refractivity contribution in [3.8, 4) is 0 Å². The van der Waals surface area contributed by atoms with Crippen LogP contribution in [0.4, 0.5) is 5.69 Å². The third-order valence-electron chi connectivity index (χ3n) is 4.58. The number of anilines is 1. The first-order valence-corrected chi connectivity index (χ1v) is 9.21. The monoisotopic (exact) mass is 322 g/mol. The molecule has 1 aromatic carbocycles. The number of fused-ring (bicyclic) bond motifs is 1. The first kappa shape index (κ1) is 15.5. The summed E-state index contributed by atoms with van der Waals surface area (Å²) in [5.74, 6) is 0.775. The van der Waals surface area contributed by atoms with Crippen molar-refractivity contribution in [1.82, 2.24) is 4.31 Å². The Balaban J connectivity index is 1.92. The van der Waals surface area contributed by atoms with E-state index >= 15 is 0 Å². The van der Waals surface area contributed by atoms with Gasteiger partial charge in [0.2, 0.25) is 16.4 Å². The molecule has 0 saturated carbocycles. The molecule has 0 aliphatic carbocycles. The SMILES string of the molecule is CC1CC(C)CN(S(=O)(=O)c2ccc3c(c2)CCN3C=O)C1. The average molecular weight is 322 g/mol. The van der Waals surface area contributed by atoms with E-state index in [0.29, 0.717) is 42.8 Å². The normalized spacial score (nSPS) is 26.0. The number of benzene rings is 1. The van der Waals surface area contributed by atoms with Gasteiger partial charge in [-0.25, -0.2) is 8.42 Å². The highest BCUT2D eigenvalue weighted by Gasteiger charge is 2.32. The fourth-order valence-electron chi connectivity index (χ4n) is 3.62. The summed E-state index contributed by atoms with van der Waals surface area (Å²) in [6.45, 7) is 6.00. The summed E-state index contributed by atoms with van der Waals surface area (Å²) < 4.78 is 27.4. The van der Waals surface area contributed by atoms with Crippen LogP contribution in [0, 0.1) is 11.8 Å². The number of rotatable bonds is 3. The van der Waals surface area contributed by atoms with E-state index in [-0.39, 0.29) is 0 Å². The molecule has 2 atom stereocenters. The van der Waals surface area contributed by atoms with Crippen molar-refractivity contribution in [2.75, 3.05) is 24.5 Å². The molecule has 2 unspecified atom stereocenters. The van der Waals surface area contributed by atoms with Crippen LogP contribution in [-0.4, -0.2) is 38.8 Å². The van der Waals surface area contributed by atoms with Gasteiger partial charge in [-0.2, -0.15) is 4.31 Å². The fraction of sp³-hybridized carbons (Fsp3) is 0.562. The maximum Gasteiger partial charge on any atom is 0.243 e. The third kappa shape index (κ3) is 2.65. The second-order valence-electron chi connectivity index (χ2n) is 6.61. The van der Waals surface area contributed by atoms with Crippen LogP contribution in [0.3, 0.4) is 0 Å². The standard InChI is InChI=1S/C16H22N2O3S/c1-12-7-13(2)10-18(9-12)22(20,21)15-3-4-16-14(8-15)5-6-17(16)11-19/h3-4,8,11-13H,5-7,9-10H2,1-2H3. The summed E-state index contributed by atoms with van der Waals surface area (Å²) in [7, 11) is -3.45. The van der Waals surface area contributed by atoms with Gasteiger partial charge in [-0.15, -0.1) is 0 Å². The lowest BCUT2D eigenvalue weighted by atomic mass is 9.94. The molecule has 2 aliphatic heterocycles. The van der Waals surface area contributed by atoms with Crippen LogP contribution in [0.25, 0.3) is 0 Å². The van der Waals surface area contributed by atoms with E-state index in [4.69, 9.17) is 0 Å². The number of nitrogens with zero attached hydrogens (tertiary/aromatic N) is 2. The summed E-state index contributed by atoms with van der Waals surface area (Å²) in [6, 6.07) is 5.11. The van der Waals surface area contributed by atoms with Crippen molar-refractivity contribution in [3.05, 3.63) is 23.8 Å². The molecule has 3 rings (SSSR count). The molecule has 2 aliphatic rings. The van der Waals surface area contributed by atoms with Crippen LogP contribution < -0.4 is 4.90 Å². The minimum absolute atomic E-state index is 0.347. The van der Waals surface area contributed by atoms with Crippen LogP contribution in [0.1, 0.15) is 25.8 Å². The predicted octanol–water partition coefficient (Wildman–Crippen LogP) is 1.87. The van der Waals surface area contributed by atoms with Crippen molar-refractivity contribution in [2.24, 2.45) is 11.8 Å². The lowest BCUT2D eigenvalue weighted by Crippen LogP contribution is -2.42. The van der Waals surface area contributed by atoms with Crippen molar-refractivity contribution in [2.45, 2.75) is 31.6 Å². The quantitative estimate of drug-likeness (QED) is 0.798. The Bertz CT molecular complexity index is 677. The Hall–Kier alpha value is -1.40. The van der Waals surface area contributed by atoms with Gasteiger partial charge in [-0.05, 0) is 48.4 Å². The maximum absolute atomic E-state index is 12.9. The van der Waals surface area contributed by atoms with E-state index < -0.39 is 10.0 Å². The zero-order valence-electron chi connectivity index (χ0n) is 13.0. The average Bonchev–Trinajstić information content (AvgIpc) is 2.88. The van der Waals surface area contributed by atoms with E-state index in [1.54, 1.807) is 27.4 Å². The van der Waals surface area contributed by atoms with Gasteiger partial charge in [0.15, 0.2) is 0 Å². The molecular formula is C16H22N2O3S. The molecule has 1 fully saturated rings. The zero-order valence-corrected chi connectivity index (χ0v) is 13.8. The molecule has 0 bridgehead atoms. The number of hydrogen-bond donors (Lipinski definition) is 0. The van der Waals surface area contributed by atoms with Gasteiger partial charge in [0.1, 0.15) is 0 Å². The van der Waals surface area contributed by atoms with Crippen molar-refractivity contribution in [3.63, 3.8) is 0 Å². The minimum atomic E-state index is -3.45. The number of amides is 1. The van der Waals surface area contributed by atoms with E-state index in [2.05, 4.69) is 13.8 Å². The van der Waals surface area contributed by atoms with Gasteiger partial charge in [0.05, 0.1) is 4.90 Å². The maximum atomic E-state index is 12.9. The summed E-state index contributed by atoms with van der Waals surface area (Å²) in [4.78, 5) is 12.9. The summed E-state index contributed by atoms with van der Waals surface area (Å²) in [6.07, 6.45) is 2.59. The molecule has 5 nitrogen and oxygen atoms in total. The smallest absolute Gasteiger partial charge is 0.243 e. The van der Waals surface area contributed by atoms with E-state index in [1.165, 1.54) is 0 Å². The second kappa shape index (κ2) is 5.66. The molecule has 6 heteroatoms. The Labute approximate surface area is 132 Å². The van der Waals surface area contributed by atoms with Crippen LogP contribution in [0.2, 0.25) is 0 Å². The highest BCUT2D eigenvalue weighted by atomic mass is 32.2. The molecule has 1 saturated heterocycles. The second-order valence-corrected chi connectivity index (χ2v) is 8.55. The van der Waals surface area contributed by atoms with Gasteiger partial charge < -0.3 is 4.90 Å². The Morgan fingerprint density at radius 3 is 2.50 bits per heavy atom. The molecule has 0 radical (unpaired) electrons. The number of carbonyl (C=O) groups is 1. The highest BCUT2D eigenvalue weighted by molar-refractivity contribution is 7.89. The minimum Gasteiger partial charge on any atom is -0.314 e. The Morgan fingerprint density at radius 2 is 1.86 bits per heavy atom. The van der Waals surface area contributed by atoms with E-state index in [0.717, 1.165) is 24.1 Å². The molecule has 0 aromatic heterocycles. The van der Waals surface area contributed by atoms with Gasteiger partial charge in [-0.3, -0.25) is 4.79 Å². The topological polar surface area (TPSA) is 57.7 Å². The van der Waals surface area contributed by atoms with Crippen LogP contribution in [0.5, 0.6) is 0 Å².